The zero-order chi connectivity index (χ0) is 32.5. The molecule has 0 spiro atoms. The summed E-state index contributed by atoms with van der Waals surface area (Å²) >= 11 is 2.63. The Labute approximate surface area is 274 Å². The van der Waals surface area contributed by atoms with Gasteiger partial charge in [-0.1, -0.05) is 44.2 Å². The Bertz CT molecular complexity index is 1620. The molecule has 4 amide bonds. The highest BCUT2D eigenvalue weighted by Crippen LogP contribution is 2.27. The Balaban J connectivity index is 1.41. The van der Waals surface area contributed by atoms with Crippen molar-refractivity contribution in [2.24, 2.45) is 5.92 Å². The smallest absolute Gasteiger partial charge is 0.276 e. The van der Waals surface area contributed by atoms with Gasteiger partial charge in [-0.05, 0) is 37.2 Å². The molecule has 4 heterocycles. The summed E-state index contributed by atoms with van der Waals surface area (Å²) in [6.07, 6.45) is 3.58. The molecule has 0 aliphatic carbocycles. The minimum absolute atomic E-state index is 0.166. The van der Waals surface area contributed by atoms with Crippen LogP contribution in [0.5, 0.6) is 0 Å². The van der Waals surface area contributed by atoms with E-state index in [1.807, 2.05) is 30.3 Å². The number of amides is 4. The van der Waals surface area contributed by atoms with Gasteiger partial charge in [0.05, 0.1) is 18.3 Å². The fourth-order valence-corrected chi connectivity index (χ4v) is 6.83. The lowest BCUT2D eigenvalue weighted by atomic mass is 10.0. The van der Waals surface area contributed by atoms with Crippen LogP contribution < -0.4 is 16.0 Å². The third kappa shape index (κ3) is 8.81. The summed E-state index contributed by atoms with van der Waals surface area (Å²) in [5.41, 5.74) is 1.69. The molecule has 242 valence electrons. The molecule has 1 aliphatic rings. The number of aromatic amines is 1. The number of benzene rings is 1. The molecule has 13 nitrogen and oxygen atoms in total. The second kappa shape index (κ2) is 15.7. The van der Waals surface area contributed by atoms with Crippen LogP contribution in [0.3, 0.4) is 0 Å². The maximum atomic E-state index is 13.5. The highest BCUT2D eigenvalue weighted by Gasteiger charge is 2.26. The maximum absolute atomic E-state index is 13.5. The van der Waals surface area contributed by atoms with Gasteiger partial charge in [0.2, 0.25) is 5.91 Å². The standard InChI is InChI=1S/C31H37N9O4S2/c1-19(2)14-21-29-37-25(18-46-29)28(43)35-22(15-20-8-4-3-5-9-20)30-36-24(17-45-30)27(42)32-11-7-13-40(12-6-10-26(41)34-21)31(44)23-16-33-39-38-23/h3-5,8-9,16-19,21-22H,6-7,10-15H2,1-2H3,(H,32,42)(H,34,41)(H,35,43)(H,33,38,39)/t21-,22-/m0/s1. The van der Waals surface area contributed by atoms with Gasteiger partial charge in [0.25, 0.3) is 17.7 Å². The SMILES string of the molecule is CC(C)C[C@@H]1NC(=O)CCCN(C(=O)c2cn[nH]n2)CCCNC(=O)c2csc(n2)[C@H](Cc2ccccc2)NC(=O)c2csc1n2. The first-order chi connectivity index (χ1) is 22.3. The molecule has 0 fully saturated rings. The van der Waals surface area contributed by atoms with Crippen molar-refractivity contribution in [3.63, 3.8) is 0 Å². The van der Waals surface area contributed by atoms with Gasteiger partial charge in [-0.15, -0.1) is 22.7 Å². The van der Waals surface area contributed by atoms with Crippen LogP contribution in [-0.2, 0) is 11.2 Å². The molecule has 15 heteroatoms. The summed E-state index contributed by atoms with van der Waals surface area (Å²) < 4.78 is 0. The zero-order valence-corrected chi connectivity index (χ0v) is 27.3. The summed E-state index contributed by atoms with van der Waals surface area (Å²) in [6.45, 7) is 5.11. The fourth-order valence-electron chi connectivity index (χ4n) is 5.12. The highest BCUT2D eigenvalue weighted by molar-refractivity contribution is 7.10. The molecule has 1 aromatic carbocycles. The fraction of sp³-hybridized carbons (Fsp3) is 0.419. The largest absolute Gasteiger partial charge is 0.351 e. The second-order valence-corrected chi connectivity index (χ2v) is 13.2. The Kier molecular flexibility index (Phi) is 11.2. The first-order valence-corrected chi connectivity index (χ1v) is 17.0. The van der Waals surface area contributed by atoms with Crippen LogP contribution in [0.15, 0.2) is 47.3 Å². The first kappa shape index (κ1) is 32.9. The molecule has 4 aromatic rings. The lowest BCUT2D eigenvalue weighted by Crippen LogP contribution is -2.36. The van der Waals surface area contributed by atoms with Gasteiger partial charge in [-0.2, -0.15) is 15.4 Å². The van der Waals surface area contributed by atoms with E-state index in [2.05, 4.69) is 55.2 Å². The molecule has 0 unspecified atom stereocenters. The van der Waals surface area contributed by atoms with Crippen molar-refractivity contribution >= 4 is 46.3 Å². The number of H-pyrrole nitrogens is 1. The van der Waals surface area contributed by atoms with Gasteiger partial charge in [0.15, 0.2) is 5.69 Å². The van der Waals surface area contributed by atoms with Crippen molar-refractivity contribution in [1.82, 2.24) is 46.2 Å². The van der Waals surface area contributed by atoms with Crippen molar-refractivity contribution in [3.8, 4) is 0 Å². The minimum Gasteiger partial charge on any atom is -0.351 e. The van der Waals surface area contributed by atoms with Crippen LogP contribution in [0.1, 0.15) is 98.7 Å². The van der Waals surface area contributed by atoms with Gasteiger partial charge in [-0.25, -0.2) is 9.97 Å². The van der Waals surface area contributed by atoms with E-state index in [1.54, 1.807) is 15.7 Å². The number of hydrogen-bond acceptors (Lipinski definition) is 10. The molecule has 0 saturated carbocycles. The van der Waals surface area contributed by atoms with Gasteiger partial charge in [0, 0.05) is 36.8 Å². The molecule has 4 bridgehead atoms. The van der Waals surface area contributed by atoms with E-state index < -0.39 is 6.04 Å². The molecular weight excluding hydrogens is 627 g/mol. The number of carbonyl (C=O) groups excluding carboxylic acids is 4. The Hall–Kier alpha value is -4.50. The molecule has 46 heavy (non-hydrogen) atoms. The number of fused-ring (bicyclic) bond motifs is 4. The number of rotatable bonds is 5. The summed E-state index contributed by atoms with van der Waals surface area (Å²) in [5.74, 6) is -0.910. The normalized spacial score (nSPS) is 18.8. The molecular formula is C31H37N9O4S2. The summed E-state index contributed by atoms with van der Waals surface area (Å²) in [5, 5.41) is 23.8. The number of aromatic nitrogens is 5. The van der Waals surface area contributed by atoms with E-state index in [-0.39, 0.29) is 59.1 Å². The van der Waals surface area contributed by atoms with Crippen LogP contribution in [0.4, 0.5) is 0 Å². The van der Waals surface area contributed by atoms with Crippen molar-refractivity contribution in [2.75, 3.05) is 19.6 Å². The van der Waals surface area contributed by atoms with Crippen LogP contribution >= 0.6 is 22.7 Å². The number of carbonyl (C=O) groups is 4. The van der Waals surface area contributed by atoms with E-state index in [9.17, 15) is 19.2 Å². The van der Waals surface area contributed by atoms with E-state index in [0.29, 0.717) is 55.3 Å². The average Bonchev–Trinajstić information content (AvgIpc) is 3.83. The Morgan fingerprint density at radius 2 is 1.63 bits per heavy atom. The Morgan fingerprint density at radius 3 is 2.33 bits per heavy atom. The molecule has 5 rings (SSSR count). The van der Waals surface area contributed by atoms with Crippen LogP contribution in [0, 0.1) is 5.92 Å². The summed E-state index contributed by atoms with van der Waals surface area (Å²) in [7, 11) is 0. The zero-order valence-electron chi connectivity index (χ0n) is 25.7. The molecule has 0 radical (unpaired) electrons. The molecule has 1 aliphatic heterocycles. The van der Waals surface area contributed by atoms with E-state index in [1.165, 1.54) is 28.9 Å². The highest BCUT2D eigenvalue weighted by atomic mass is 32.1. The number of nitrogens with one attached hydrogen (secondary N) is 4. The van der Waals surface area contributed by atoms with Gasteiger partial charge in [0.1, 0.15) is 21.4 Å². The lowest BCUT2D eigenvalue weighted by molar-refractivity contribution is -0.122. The quantitative estimate of drug-likeness (QED) is 0.250. The van der Waals surface area contributed by atoms with Gasteiger partial charge in [-0.3, -0.25) is 19.2 Å². The first-order valence-electron chi connectivity index (χ1n) is 15.2. The summed E-state index contributed by atoms with van der Waals surface area (Å²) in [4.78, 5) is 63.6. The van der Waals surface area contributed by atoms with Gasteiger partial charge >= 0.3 is 0 Å². The minimum atomic E-state index is -0.497. The van der Waals surface area contributed by atoms with Crippen molar-refractivity contribution in [1.29, 1.82) is 0 Å². The van der Waals surface area contributed by atoms with Crippen molar-refractivity contribution in [2.45, 2.75) is 58.0 Å². The number of thiazole rings is 2. The lowest BCUT2D eigenvalue weighted by Gasteiger charge is -2.22. The number of hydrogen-bond donors (Lipinski definition) is 4. The van der Waals surface area contributed by atoms with Crippen LogP contribution in [-0.4, -0.2) is 73.5 Å². The topological polar surface area (TPSA) is 175 Å². The number of nitrogens with zero attached hydrogens (tertiary/aromatic N) is 5. The predicted octanol–water partition coefficient (Wildman–Crippen LogP) is 3.69. The molecule has 2 atom stereocenters. The Morgan fingerprint density at radius 1 is 0.935 bits per heavy atom. The van der Waals surface area contributed by atoms with Crippen molar-refractivity contribution < 1.29 is 19.2 Å². The van der Waals surface area contributed by atoms with Crippen LogP contribution in [0.2, 0.25) is 0 Å². The second-order valence-electron chi connectivity index (χ2n) is 11.5. The monoisotopic (exact) mass is 663 g/mol. The molecule has 3 aromatic heterocycles. The molecule has 4 N–H and O–H groups in total. The van der Waals surface area contributed by atoms with Crippen LogP contribution in [0.25, 0.3) is 0 Å². The molecule has 0 saturated heterocycles. The van der Waals surface area contributed by atoms with E-state index in [4.69, 9.17) is 0 Å². The third-order valence-electron chi connectivity index (χ3n) is 7.38. The third-order valence-corrected chi connectivity index (χ3v) is 9.30. The summed E-state index contributed by atoms with van der Waals surface area (Å²) in [6, 6.07) is 8.89. The maximum Gasteiger partial charge on any atom is 0.276 e. The van der Waals surface area contributed by atoms with Crippen molar-refractivity contribution in [3.05, 3.63) is 79.9 Å². The van der Waals surface area contributed by atoms with E-state index in [0.717, 1.165) is 5.56 Å². The van der Waals surface area contributed by atoms with E-state index >= 15 is 0 Å². The van der Waals surface area contributed by atoms with Gasteiger partial charge < -0.3 is 20.9 Å². The predicted molar refractivity (Wildman–Crippen MR) is 173 cm³/mol. The average molecular weight is 664 g/mol.